The maximum Gasteiger partial charge on any atom is 0.158 e. The first-order valence-electron chi connectivity index (χ1n) is 7.99. The smallest absolute Gasteiger partial charge is 0.158 e. The molecule has 3 fully saturated rings. The van der Waals surface area contributed by atoms with E-state index in [1.54, 1.807) is 0 Å². The molecule has 0 spiro atoms. The third kappa shape index (κ3) is 3.48. The van der Waals surface area contributed by atoms with Crippen LogP contribution in [0.15, 0.2) is 0 Å². The zero-order valence-corrected chi connectivity index (χ0v) is 12.2. The second kappa shape index (κ2) is 6.53. The van der Waals surface area contributed by atoms with E-state index in [2.05, 4.69) is 16.8 Å². The topological polar surface area (TPSA) is 24.9 Å². The molecular formula is C15H28N2O2. The lowest BCUT2D eigenvalue weighted by Gasteiger charge is -2.46. The highest BCUT2D eigenvalue weighted by Crippen LogP contribution is 2.29. The van der Waals surface area contributed by atoms with E-state index < -0.39 is 0 Å². The molecule has 0 N–H and O–H groups in total. The molecule has 4 heteroatoms. The van der Waals surface area contributed by atoms with Gasteiger partial charge in [0.05, 0.1) is 13.2 Å². The van der Waals surface area contributed by atoms with E-state index in [1.165, 1.54) is 38.9 Å². The van der Waals surface area contributed by atoms with Gasteiger partial charge in [-0.3, -0.25) is 0 Å². The first-order valence-corrected chi connectivity index (χ1v) is 7.99. The molecule has 0 aliphatic carbocycles. The van der Waals surface area contributed by atoms with E-state index >= 15 is 0 Å². The average Bonchev–Trinajstić information content (AvgIpc) is 2.46. The summed E-state index contributed by atoms with van der Waals surface area (Å²) in [4.78, 5) is 5.21. The normalized spacial score (nSPS) is 35.2. The summed E-state index contributed by atoms with van der Waals surface area (Å²) in [5.41, 5.74) is 0. The van der Waals surface area contributed by atoms with Crippen LogP contribution in [-0.4, -0.2) is 68.6 Å². The molecule has 4 nitrogen and oxygen atoms in total. The van der Waals surface area contributed by atoms with Crippen molar-refractivity contribution < 1.29 is 9.47 Å². The van der Waals surface area contributed by atoms with Crippen LogP contribution >= 0.6 is 0 Å². The van der Waals surface area contributed by atoms with Crippen molar-refractivity contribution in [2.24, 2.45) is 5.92 Å². The molecule has 3 saturated heterocycles. The number of likely N-dealkylation sites (tertiary alicyclic amines) is 2. The Bertz CT molecular complexity index is 281. The maximum atomic E-state index is 5.64. The summed E-state index contributed by atoms with van der Waals surface area (Å²) in [7, 11) is 2.30. The van der Waals surface area contributed by atoms with Crippen LogP contribution in [0.2, 0.25) is 0 Å². The predicted molar refractivity (Wildman–Crippen MR) is 75.1 cm³/mol. The fourth-order valence-corrected chi connectivity index (χ4v) is 3.92. The molecule has 3 rings (SSSR count). The van der Waals surface area contributed by atoms with Gasteiger partial charge >= 0.3 is 0 Å². The Morgan fingerprint density at radius 1 is 1.05 bits per heavy atom. The highest BCUT2D eigenvalue weighted by molar-refractivity contribution is 4.89. The number of nitrogens with zero attached hydrogens (tertiary/aromatic N) is 2. The summed E-state index contributed by atoms with van der Waals surface area (Å²) in [6.45, 7) is 6.71. The highest BCUT2D eigenvalue weighted by Gasteiger charge is 2.34. The van der Waals surface area contributed by atoms with Crippen molar-refractivity contribution in [1.29, 1.82) is 0 Å². The van der Waals surface area contributed by atoms with E-state index in [-0.39, 0.29) is 6.29 Å². The van der Waals surface area contributed by atoms with E-state index in [9.17, 15) is 0 Å². The molecule has 2 unspecified atom stereocenters. The van der Waals surface area contributed by atoms with E-state index in [0.29, 0.717) is 0 Å². The molecule has 3 aliphatic heterocycles. The fourth-order valence-electron chi connectivity index (χ4n) is 3.92. The maximum absolute atomic E-state index is 5.64. The number of hydrogen-bond donors (Lipinski definition) is 0. The lowest BCUT2D eigenvalue weighted by atomic mass is 9.84. The van der Waals surface area contributed by atoms with Gasteiger partial charge in [-0.25, -0.2) is 0 Å². The van der Waals surface area contributed by atoms with Crippen LogP contribution in [0.3, 0.4) is 0 Å². The monoisotopic (exact) mass is 268 g/mol. The molecule has 3 heterocycles. The third-order valence-corrected chi connectivity index (χ3v) is 5.01. The predicted octanol–water partition coefficient (Wildman–Crippen LogP) is 1.56. The Balaban J connectivity index is 1.43. The van der Waals surface area contributed by atoms with Gasteiger partial charge in [-0.05, 0) is 51.7 Å². The third-order valence-electron chi connectivity index (χ3n) is 5.01. The molecule has 2 atom stereocenters. The molecule has 0 aromatic rings. The van der Waals surface area contributed by atoms with Crippen LogP contribution in [-0.2, 0) is 9.47 Å². The van der Waals surface area contributed by atoms with Crippen LogP contribution < -0.4 is 0 Å². The summed E-state index contributed by atoms with van der Waals surface area (Å²) >= 11 is 0. The Labute approximate surface area is 117 Å². The molecule has 0 saturated carbocycles. The zero-order valence-electron chi connectivity index (χ0n) is 12.2. The number of rotatable bonds is 3. The van der Waals surface area contributed by atoms with Crippen LogP contribution in [0.25, 0.3) is 0 Å². The highest BCUT2D eigenvalue weighted by atomic mass is 16.7. The van der Waals surface area contributed by atoms with Crippen LogP contribution in [0.1, 0.15) is 32.1 Å². The Kier molecular flexibility index (Phi) is 4.74. The van der Waals surface area contributed by atoms with Gasteiger partial charge in [0.15, 0.2) is 6.29 Å². The van der Waals surface area contributed by atoms with Gasteiger partial charge in [-0.1, -0.05) is 0 Å². The van der Waals surface area contributed by atoms with Gasteiger partial charge in [0.25, 0.3) is 0 Å². The molecule has 3 aliphatic rings. The molecule has 0 aromatic carbocycles. The lowest BCUT2D eigenvalue weighted by Crippen LogP contribution is -2.53. The number of fused-ring (bicyclic) bond motifs is 1. The summed E-state index contributed by atoms with van der Waals surface area (Å²) in [6.07, 6.45) is 6.28. The van der Waals surface area contributed by atoms with Crippen LogP contribution in [0.4, 0.5) is 0 Å². The molecule has 110 valence electrons. The summed E-state index contributed by atoms with van der Waals surface area (Å²) < 4.78 is 11.3. The summed E-state index contributed by atoms with van der Waals surface area (Å²) in [5, 5.41) is 0. The van der Waals surface area contributed by atoms with Gasteiger partial charge in [-0.15, -0.1) is 0 Å². The number of ether oxygens (including phenoxy) is 2. The van der Waals surface area contributed by atoms with Gasteiger partial charge in [0.2, 0.25) is 0 Å². The van der Waals surface area contributed by atoms with Crippen molar-refractivity contribution in [3.8, 4) is 0 Å². The number of hydrogen-bond acceptors (Lipinski definition) is 4. The first-order chi connectivity index (χ1) is 9.33. The van der Waals surface area contributed by atoms with Crippen LogP contribution in [0, 0.1) is 5.92 Å². The second-order valence-electron chi connectivity index (χ2n) is 6.35. The van der Waals surface area contributed by atoms with Crippen molar-refractivity contribution in [3.05, 3.63) is 0 Å². The van der Waals surface area contributed by atoms with E-state index in [1.807, 2.05) is 0 Å². The standard InChI is InChI=1S/C15H28N2O2/c1-16-7-2-4-13-12-17(8-5-14(13)16)9-6-15-18-10-3-11-19-15/h13-15H,2-12H2,1H3. The largest absolute Gasteiger partial charge is 0.353 e. The number of piperidine rings is 2. The SMILES string of the molecule is CN1CCCC2CN(CCC3OCCCO3)CCC21. The van der Waals surface area contributed by atoms with Crippen molar-refractivity contribution in [2.75, 3.05) is 46.4 Å². The Morgan fingerprint density at radius 3 is 2.74 bits per heavy atom. The molecule has 0 amide bonds. The van der Waals surface area contributed by atoms with E-state index in [0.717, 1.165) is 44.6 Å². The van der Waals surface area contributed by atoms with Gasteiger partial charge in [-0.2, -0.15) is 0 Å². The molecule has 0 aromatic heterocycles. The first kappa shape index (κ1) is 13.8. The fraction of sp³-hybridized carbons (Fsp3) is 1.00. The van der Waals surface area contributed by atoms with Crippen molar-refractivity contribution >= 4 is 0 Å². The van der Waals surface area contributed by atoms with Gasteiger partial charge < -0.3 is 19.3 Å². The zero-order chi connectivity index (χ0) is 13.1. The molecule has 0 radical (unpaired) electrons. The quantitative estimate of drug-likeness (QED) is 0.775. The Morgan fingerprint density at radius 2 is 1.89 bits per heavy atom. The minimum Gasteiger partial charge on any atom is -0.353 e. The minimum atomic E-state index is 0.0560. The summed E-state index contributed by atoms with van der Waals surface area (Å²) in [6, 6.07) is 0.840. The van der Waals surface area contributed by atoms with Crippen LogP contribution in [0.5, 0.6) is 0 Å². The average molecular weight is 268 g/mol. The van der Waals surface area contributed by atoms with Gasteiger partial charge in [0, 0.05) is 25.6 Å². The van der Waals surface area contributed by atoms with Crippen molar-refractivity contribution in [2.45, 2.75) is 44.4 Å². The van der Waals surface area contributed by atoms with E-state index in [4.69, 9.17) is 9.47 Å². The lowest BCUT2D eigenvalue weighted by molar-refractivity contribution is -0.183. The minimum absolute atomic E-state index is 0.0560. The van der Waals surface area contributed by atoms with Crippen molar-refractivity contribution in [3.63, 3.8) is 0 Å². The van der Waals surface area contributed by atoms with Gasteiger partial charge in [0.1, 0.15) is 0 Å². The second-order valence-corrected chi connectivity index (χ2v) is 6.35. The molecule has 0 bridgehead atoms. The molecule has 19 heavy (non-hydrogen) atoms. The molecular weight excluding hydrogens is 240 g/mol. The summed E-state index contributed by atoms with van der Waals surface area (Å²) in [5.74, 6) is 0.890. The Hall–Kier alpha value is -0.160. The van der Waals surface area contributed by atoms with Crippen molar-refractivity contribution in [1.82, 2.24) is 9.80 Å².